The van der Waals surface area contributed by atoms with E-state index in [-0.39, 0.29) is 22.4 Å². The number of carbonyl (C=O) groups excluding carboxylic acids is 1. The van der Waals surface area contributed by atoms with Crippen LogP contribution < -0.4 is 14.2 Å². The predicted molar refractivity (Wildman–Crippen MR) is 145 cm³/mol. The lowest BCUT2D eigenvalue weighted by atomic mass is 10.1. The molecule has 202 valence electrons. The Morgan fingerprint density at radius 3 is 2.46 bits per heavy atom. The SMILES string of the molecule is Cc1cccc(S(=O)(=O)NC(=O)c2ccc(-c3cc(F)cc(OCC(C)C)c3)nc2Oc2ccccc2C)n1. The lowest BCUT2D eigenvalue weighted by Gasteiger charge is -2.14. The largest absolute Gasteiger partial charge is 0.493 e. The van der Waals surface area contributed by atoms with Crippen LogP contribution in [0.3, 0.4) is 0 Å². The summed E-state index contributed by atoms with van der Waals surface area (Å²) in [5, 5.41) is -0.296. The fourth-order valence-corrected chi connectivity index (χ4v) is 4.56. The molecule has 0 fully saturated rings. The van der Waals surface area contributed by atoms with E-state index >= 15 is 0 Å². The maximum atomic E-state index is 14.4. The number of amides is 1. The van der Waals surface area contributed by atoms with Gasteiger partial charge in [0.05, 0.1) is 12.3 Å². The van der Waals surface area contributed by atoms with E-state index in [4.69, 9.17) is 9.47 Å². The number of nitrogens with one attached hydrogen (secondary N) is 1. The van der Waals surface area contributed by atoms with E-state index in [1.807, 2.05) is 37.6 Å². The molecule has 0 saturated heterocycles. The number of pyridine rings is 2. The molecule has 39 heavy (non-hydrogen) atoms. The Bertz CT molecular complexity index is 1620. The summed E-state index contributed by atoms with van der Waals surface area (Å²) < 4.78 is 53.9. The minimum atomic E-state index is -4.28. The van der Waals surface area contributed by atoms with Crippen LogP contribution in [-0.2, 0) is 10.0 Å². The smallest absolute Gasteiger partial charge is 0.281 e. The third kappa shape index (κ3) is 6.97. The second-order valence-corrected chi connectivity index (χ2v) is 11.0. The van der Waals surface area contributed by atoms with Gasteiger partial charge in [-0.05, 0) is 67.8 Å². The molecular formula is C29H28FN3O5S. The highest BCUT2D eigenvalue weighted by atomic mass is 32.2. The van der Waals surface area contributed by atoms with E-state index in [2.05, 4.69) is 9.97 Å². The third-order valence-electron chi connectivity index (χ3n) is 5.52. The van der Waals surface area contributed by atoms with Crippen LogP contribution >= 0.6 is 0 Å². The van der Waals surface area contributed by atoms with E-state index in [1.54, 1.807) is 31.2 Å². The Labute approximate surface area is 226 Å². The first-order chi connectivity index (χ1) is 18.5. The van der Waals surface area contributed by atoms with Crippen molar-refractivity contribution >= 4 is 15.9 Å². The van der Waals surface area contributed by atoms with Crippen molar-refractivity contribution in [3.63, 3.8) is 0 Å². The number of benzene rings is 2. The second-order valence-electron chi connectivity index (χ2n) is 9.35. The zero-order valence-electron chi connectivity index (χ0n) is 21.9. The lowest BCUT2D eigenvalue weighted by molar-refractivity contribution is 0.0978. The van der Waals surface area contributed by atoms with Crippen molar-refractivity contribution in [1.82, 2.24) is 14.7 Å². The number of para-hydroxylation sites is 1. The van der Waals surface area contributed by atoms with Crippen molar-refractivity contribution < 1.29 is 27.1 Å². The van der Waals surface area contributed by atoms with Crippen LogP contribution in [0, 0.1) is 25.6 Å². The second kappa shape index (κ2) is 11.6. The molecule has 0 radical (unpaired) electrons. The first-order valence-corrected chi connectivity index (χ1v) is 13.7. The minimum absolute atomic E-state index is 0.133. The highest BCUT2D eigenvalue weighted by Crippen LogP contribution is 2.31. The topological polar surface area (TPSA) is 107 Å². The summed E-state index contributed by atoms with van der Waals surface area (Å²) >= 11 is 0. The molecule has 4 rings (SSSR count). The van der Waals surface area contributed by atoms with E-state index < -0.39 is 21.7 Å². The van der Waals surface area contributed by atoms with Crippen molar-refractivity contribution in [2.45, 2.75) is 32.7 Å². The number of aryl methyl sites for hydroxylation is 2. The summed E-state index contributed by atoms with van der Waals surface area (Å²) in [6.07, 6.45) is 0. The van der Waals surface area contributed by atoms with Gasteiger partial charge in [0.1, 0.15) is 22.9 Å². The van der Waals surface area contributed by atoms with E-state index in [0.29, 0.717) is 35.1 Å². The number of carbonyl (C=O) groups is 1. The number of halogens is 1. The number of aromatic nitrogens is 2. The summed E-state index contributed by atoms with van der Waals surface area (Å²) in [7, 11) is -4.28. The predicted octanol–water partition coefficient (Wildman–Crippen LogP) is 5.85. The van der Waals surface area contributed by atoms with Crippen molar-refractivity contribution in [1.29, 1.82) is 0 Å². The van der Waals surface area contributed by atoms with Gasteiger partial charge in [0, 0.05) is 17.3 Å². The van der Waals surface area contributed by atoms with Crippen molar-refractivity contribution in [2.24, 2.45) is 5.92 Å². The zero-order valence-corrected chi connectivity index (χ0v) is 22.8. The van der Waals surface area contributed by atoms with Gasteiger partial charge in [0.15, 0.2) is 5.03 Å². The molecule has 0 aliphatic heterocycles. The number of nitrogens with zero attached hydrogens (tertiary/aromatic N) is 2. The quantitative estimate of drug-likeness (QED) is 0.279. The van der Waals surface area contributed by atoms with Gasteiger partial charge >= 0.3 is 0 Å². The van der Waals surface area contributed by atoms with Crippen molar-refractivity contribution in [2.75, 3.05) is 6.61 Å². The van der Waals surface area contributed by atoms with Gasteiger partial charge in [-0.25, -0.2) is 19.1 Å². The average Bonchev–Trinajstić information content (AvgIpc) is 2.88. The summed E-state index contributed by atoms with van der Waals surface area (Å²) in [6, 6.07) is 18.6. The normalized spacial score (nSPS) is 11.3. The Kier molecular flexibility index (Phi) is 8.25. The molecule has 0 unspecified atom stereocenters. The molecule has 0 atom stereocenters. The molecule has 4 aromatic rings. The number of hydrogen-bond acceptors (Lipinski definition) is 7. The first-order valence-electron chi connectivity index (χ1n) is 12.2. The van der Waals surface area contributed by atoms with Gasteiger partial charge in [-0.2, -0.15) is 8.42 Å². The van der Waals surface area contributed by atoms with Gasteiger partial charge < -0.3 is 9.47 Å². The maximum Gasteiger partial charge on any atom is 0.281 e. The van der Waals surface area contributed by atoms with Gasteiger partial charge in [0.2, 0.25) is 5.88 Å². The van der Waals surface area contributed by atoms with Crippen LogP contribution in [0.4, 0.5) is 4.39 Å². The monoisotopic (exact) mass is 549 g/mol. The Morgan fingerprint density at radius 1 is 0.974 bits per heavy atom. The van der Waals surface area contributed by atoms with Crippen LogP contribution in [0.25, 0.3) is 11.3 Å². The zero-order chi connectivity index (χ0) is 28.2. The van der Waals surface area contributed by atoms with Gasteiger partial charge in [-0.1, -0.05) is 38.1 Å². The van der Waals surface area contributed by atoms with Crippen molar-refractivity contribution in [3.8, 4) is 28.6 Å². The van der Waals surface area contributed by atoms with E-state index in [0.717, 1.165) is 5.56 Å². The van der Waals surface area contributed by atoms with Gasteiger partial charge in [-0.15, -0.1) is 0 Å². The Morgan fingerprint density at radius 2 is 1.74 bits per heavy atom. The highest BCUT2D eigenvalue weighted by Gasteiger charge is 2.24. The molecule has 0 aliphatic carbocycles. The third-order valence-corrected chi connectivity index (χ3v) is 6.75. The fourth-order valence-electron chi connectivity index (χ4n) is 3.58. The molecule has 0 spiro atoms. The molecule has 0 bridgehead atoms. The highest BCUT2D eigenvalue weighted by molar-refractivity contribution is 7.90. The molecule has 0 saturated carbocycles. The molecular weight excluding hydrogens is 521 g/mol. The number of rotatable bonds is 9. The first kappa shape index (κ1) is 27.7. The van der Waals surface area contributed by atoms with Crippen LogP contribution in [0.15, 0.2) is 77.8 Å². The molecule has 2 aromatic carbocycles. The van der Waals surface area contributed by atoms with E-state index in [9.17, 15) is 17.6 Å². The maximum absolute atomic E-state index is 14.4. The summed E-state index contributed by atoms with van der Waals surface area (Å²) in [6.45, 7) is 7.83. The average molecular weight is 550 g/mol. The number of hydrogen-bond donors (Lipinski definition) is 1. The minimum Gasteiger partial charge on any atom is -0.493 e. The number of sulfonamides is 1. The molecule has 8 nitrogen and oxygen atoms in total. The van der Waals surface area contributed by atoms with Crippen molar-refractivity contribution in [3.05, 3.63) is 95.4 Å². The molecule has 1 N–H and O–H groups in total. The molecule has 2 aromatic heterocycles. The summed E-state index contributed by atoms with van der Waals surface area (Å²) in [5.74, 6) is -0.636. The van der Waals surface area contributed by atoms with Gasteiger partial charge in [-0.3, -0.25) is 4.79 Å². The summed E-state index contributed by atoms with van der Waals surface area (Å²) in [5.41, 5.74) is 1.81. The molecule has 0 aliphatic rings. The standard InChI is InChI=1S/C29H28FN3O5S/c1-18(2)17-37-23-15-21(14-22(30)16-23)25-13-12-24(29(32-25)38-26-10-6-5-8-19(26)3)28(34)33-39(35,36)27-11-7-9-20(4)31-27/h5-16,18H,17H2,1-4H3,(H,33,34). The molecule has 2 heterocycles. The van der Waals surface area contributed by atoms with E-state index in [1.165, 1.54) is 36.4 Å². The lowest BCUT2D eigenvalue weighted by Crippen LogP contribution is -2.31. The molecule has 10 heteroatoms. The number of ether oxygens (including phenoxy) is 2. The molecule has 1 amide bonds. The summed E-state index contributed by atoms with van der Waals surface area (Å²) in [4.78, 5) is 21.7. The van der Waals surface area contributed by atoms with Crippen LogP contribution in [0.2, 0.25) is 0 Å². The van der Waals surface area contributed by atoms with Crippen LogP contribution in [-0.4, -0.2) is 30.9 Å². The fraction of sp³-hybridized carbons (Fsp3) is 0.207. The van der Waals surface area contributed by atoms with Crippen LogP contribution in [0.5, 0.6) is 17.4 Å². The Balaban J connectivity index is 1.74. The Hall–Kier alpha value is -4.31. The van der Waals surface area contributed by atoms with Crippen LogP contribution in [0.1, 0.15) is 35.5 Å². The van der Waals surface area contributed by atoms with Gasteiger partial charge in [0.25, 0.3) is 15.9 Å².